The number of halogens is 3. The van der Waals surface area contributed by atoms with E-state index < -0.39 is 17.5 Å². The lowest BCUT2D eigenvalue weighted by Crippen LogP contribution is -2.33. The number of alkyl halides is 3. The van der Waals surface area contributed by atoms with Gasteiger partial charge >= 0.3 is 6.18 Å². The third-order valence-electron chi connectivity index (χ3n) is 2.57. The summed E-state index contributed by atoms with van der Waals surface area (Å²) in [7, 11) is 0. The summed E-state index contributed by atoms with van der Waals surface area (Å²) in [4.78, 5) is 0. The summed E-state index contributed by atoms with van der Waals surface area (Å²) < 4.78 is 36.4. The van der Waals surface area contributed by atoms with Gasteiger partial charge in [0.25, 0.3) is 0 Å². The molecule has 11 heavy (non-hydrogen) atoms. The molecule has 3 heteroatoms. The Bertz CT molecular complexity index is 124. The molecule has 0 radical (unpaired) electrons. The Morgan fingerprint density at radius 3 is 1.64 bits per heavy atom. The van der Waals surface area contributed by atoms with Crippen molar-refractivity contribution in [1.82, 2.24) is 0 Å². The van der Waals surface area contributed by atoms with Crippen LogP contribution in [0.3, 0.4) is 0 Å². The Hall–Kier alpha value is -0.210. The van der Waals surface area contributed by atoms with Crippen molar-refractivity contribution in [2.24, 2.45) is 11.3 Å². The van der Waals surface area contributed by atoms with E-state index in [4.69, 9.17) is 0 Å². The molecule has 0 rings (SSSR count). The van der Waals surface area contributed by atoms with E-state index in [-0.39, 0.29) is 0 Å². The Morgan fingerprint density at radius 1 is 1.18 bits per heavy atom. The summed E-state index contributed by atoms with van der Waals surface area (Å²) in [5.74, 6) is -1.22. The molecule has 0 aromatic heterocycles. The monoisotopic (exact) mass is 168 g/mol. The molecule has 0 amide bonds. The summed E-state index contributed by atoms with van der Waals surface area (Å²) in [6.07, 6.45) is -3.51. The van der Waals surface area contributed by atoms with Crippen LogP contribution >= 0.6 is 0 Å². The molecular formula is C8H15F3. The Morgan fingerprint density at radius 2 is 1.55 bits per heavy atom. The highest BCUT2D eigenvalue weighted by Gasteiger charge is 2.44. The van der Waals surface area contributed by atoms with Gasteiger partial charge in [0.15, 0.2) is 0 Å². The zero-order valence-electron chi connectivity index (χ0n) is 7.42. The summed E-state index contributed by atoms with van der Waals surface area (Å²) in [5, 5.41) is 0. The number of rotatable bonds is 2. The van der Waals surface area contributed by atoms with E-state index in [1.54, 1.807) is 20.8 Å². The molecule has 0 N–H and O–H groups in total. The second kappa shape index (κ2) is 3.03. The lowest BCUT2D eigenvalue weighted by molar-refractivity contribution is -0.197. The van der Waals surface area contributed by atoms with Gasteiger partial charge in [-0.1, -0.05) is 34.1 Å². The maximum atomic E-state index is 12.1. The predicted octanol–water partition coefficient (Wildman–Crippen LogP) is 3.62. The maximum Gasteiger partial charge on any atom is 0.392 e. The molecule has 0 nitrogen and oxygen atoms in total. The molecule has 68 valence electrons. The molecule has 1 unspecified atom stereocenters. The van der Waals surface area contributed by atoms with Gasteiger partial charge in [-0.15, -0.1) is 0 Å². The summed E-state index contributed by atoms with van der Waals surface area (Å²) in [5.41, 5.74) is -0.641. The highest BCUT2D eigenvalue weighted by Crippen LogP contribution is 2.41. The molecule has 0 bridgehead atoms. The van der Waals surface area contributed by atoms with Crippen molar-refractivity contribution < 1.29 is 13.2 Å². The third kappa shape index (κ3) is 2.72. The smallest absolute Gasteiger partial charge is 0.171 e. The first-order valence-electron chi connectivity index (χ1n) is 3.78. The SMILES string of the molecule is CCC(C)(C)C(C)C(F)(F)F. The van der Waals surface area contributed by atoms with Gasteiger partial charge in [0.05, 0.1) is 5.92 Å². The van der Waals surface area contributed by atoms with E-state index in [1.165, 1.54) is 6.92 Å². The minimum Gasteiger partial charge on any atom is -0.171 e. The molecule has 0 heterocycles. The molecule has 0 aromatic carbocycles. The van der Waals surface area contributed by atoms with Gasteiger partial charge in [0.2, 0.25) is 0 Å². The second-order valence-electron chi connectivity index (χ2n) is 3.61. The van der Waals surface area contributed by atoms with Crippen LogP contribution in [0.4, 0.5) is 13.2 Å². The van der Waals surface area contributed by atoms with Crippen LogP contribution in [-0.4, -0.2) is 6.18 Å². The van der Waals surface area contributed by atoms with Gasteiger partial charge in [-0.25, -0.2) is 0 Å². The molecule has 0 aliphatic heterocycles. The molecule has 0 saturated heterocycles. The molecule has 0 aromatic rings. The zero-order valence-corrected chi connectivity index (χ0v) is 7.42. The Kier molecular flexibility index (Phi) is 2.98. The fourth-order valence-electron chi connectivity index (χ4n) is 0.749. The van der Waals surface area contributed by atoms with Crippen molar-refractivity contribution in [1.29, 1.82) is 0 Å². The van der Waals surface area contributed by atoms with Gasteiger partial charge in [-0.2, -0.15) is 13.2 Å². The molecule has 0 aliphatic rings. The first-order chi connectivity index (χ1) is 4.72. The minimum absolute atomic E-state index is 0.549. The zero-order chi connectivity index (χ0) is 9.28. The van der Waals surface area contributed by atoms with Crippen LogP contribution in [0.5, 0.6) is 0 Å². The van der Waals surface area contributed by atoms with Gasteiger partial charge in [0, 0.05) is 0 Å². The van der Waals surface area contributed by atoms with Crippen molar-refractivity contribution in [3.8, 4) is 0 Å². The topological polar surface area (TPSA) is 0 Å². The van der Waals surface area contributed by atoms with Gasteiger partial charge < -0.3 is 0 Å². The Labute approximate surface area is 65.8 Å². The third-order valence-corrected chi connectivity index (χ3v) is 2.57. The normalized spacial score (nSPS) is 16.6. The molecule has 0 spiro atoms. The standard InChI is InChI=1S/C8H15F3/c1-5-7(3,4)6(2)8(9,10)11/h6H,5H2,1-4H3. The van der Waals surface area contributed by atoms with E-state index >= 15 is 0 Å². The van der Waals surface area contributed by atoms with Crippen molar-refractivity contribution in [2.75, 3.05) is 0 Å². The van der Waals surface area contributed by atoms with E-state index in [0.717, 1.165) is 0 Å². The lowest BCUT2D eigenvalue weighted by Gasteiger charge is -2.31. The Balaban J connectivity index is 4.35. The second-order valence-corrected chi connectivity index (χ2v) is 3.61. The average molecular weight is 168 g/mol. The van der Waals surface area contributed by atoms with Crippen LogP contribution in [0.2, 0.25) is 0 Å². The van der Waals surface area contributed by atoms with E-state index in [9.17, 15) is 13.2 Å². The fraction of sp³-hybridized carbons (Fsp3) is 1.00. The summed E-state index contributed by atoms with van der Waals surface area (Å²) in [6, 6.07) is 0. The van der Waals surface area contributed by atoms with Crippen LogP contribution in [0, 0.1) is 11.3 Å². The molecule has 0 fully saturated rings. The quantitative estimate of drug-likeness (QED) is 0.590. The molecular weight excluding hydrogens is 153 g/mol. The average Bonchev–Trinajstić information content (AvgIpc) is 1.84. The van der Waals surface area contributed by atoms with E-state index in [2.05, 4.69) is 0 Å². The highest BCUT2D eigenvalue weighted by atomic mass is 19.4. The minimum atomic E-state index is -4.06. The van der Waals surface area contributed by atoms with Crippen LogP contribution in [-0.2, 0) is 0 Å². The summed E-state index contributed by atoms with van der Waals surface area (Å²) >= 11 is 0. The van der Waals surface area contributed by atoms with Gasteiger partial charge in [-0.3, -0.25) is 0 Å². The van der Waals surface area contributed by atoms with Gasteiger partial charge in [0.1, 0.15) is 0 Å². The van der Waals surface area contributed by atoms with E-state index in [0.29, 0.717) is 6.42 Å². The fourth-order valence-corrected chi connectivity index (χ4v) is 0.749. The molecule has 1 atom stereocenters. The van der Waals surface area contributed by atoms with Gasteiger partial charge in [-0.05, 0) is 5.41 Å². The van der Waals surface area contributed by atoms with Crippen LogP contribution in [0.1, 0.15) is 34.1 Å². The first kappa shape index (κ1) is 10.8. The number of hydrogen-bond acceptors (Lipinski definition) is 0. The van der Waals surface area contributed by atoms with Crippen LogP contribution < -0.4 is 0 Å². The van der Waals surface area contributed by atoms with Crippen molar-refractivity contribution in [3.63, 3.8) is 0 Å². The largest absolute Gasteiger partial charge is 0.392 e. The molecule has 0 aliphatic carbocycles. The van der Waals surface area contributed by atoms with Crippen molar-refractivity contribution in [2.45, 2.75) is 40.3 Å². The summed E-state index contributed by atoms with van der Waals surface area (Å²) in [6.45, 7) is 6.31. The van der Waals surface area contributed by atoms with Crippen molar-refractivity contribution >= 4 is 0 Å². The van der Waals surface area contributed by atoms with Crippen LogP contribution in [0.15, 0.2) is 0 Å². The van der Waals surface area contributed by atoms with E-state index in [1.807, 2.05) is 0 Å². The lowest BCUT2D eigenvalue weighted by atomic mass is 9.77. The van der Waals surface area contributed by atoms with Crippen molar-refractivity contribution in [3.05, 3.63) is 0 Å². The number of hydrogen-bond donors (Lipinski definition) is 0. The predicted molar refractivity (Wildman–Crippen MR) is 39.3 cm³/mol. The highest BCUT2D eigenvalue weighted by molar-refractivity contribution is 4.78. The van der Waals surface area contributed by atoms with Crippen LogP contribution in [0.25, 0.3) is 0 Å². The first-order valence-corrected chi connectivity index (χ1v) is 3.78. The molecule has 0 saturated carbocycles. The maximum absolute atomic E-state index is 12.1.